The number of primary amides is 1. The van der Waals surface area contributed by atoms with E-state index >= 15 is 0 Å². The molecule has 0 aromatic carbocycles. The van der Waals surface area contributed by atoms with E-state index in [1.54, 1.807) is 0 Å². The first-order chi connectivity index (χ1) is 11.0. The standard InChI is InChI=1S/C14H19N5O3S/c1-2-22-12-8-9(15)10(11(16)21)23-13(8)18-14(17-12)19-5-3-7(20)4-6-19/h7,20H,2-6,15H2,1H3,(H2,16,21). The van der Waals surface area contributed by atoms with Crippen LogP contribution in [0.5, 0.6) is 5.88 Å². The van der Waals surface area contributed by atoms with Crippen molar-refractivity contribution in [3.8, 4) is 5.88 Å². The number of anilines is 2. The first-order valence-corrected chi connectivity index (χ1v) is 8.28. The summed E-state index contributed by atoms with van der Waals surface area (Å²) in [6.45, 7) is 3.61. The summed E-state index contributed by atoms with van der Waals surface area (Å²) in [6, 6.07) is 0. The third-order valence-corrected chi connectivity index (χ3v) is 4.91. The van der Waals surface area contributed by atoms with Gasteiger partial charge >= 0.3 is 0 Å². The SMILES string of the molecule is CCOc1nc(N2CCC(O)CC2)nc2sc(C(N)=O)c(N)c12. The first kappa shape index (κ1) is 15.8. The molecule has 1 fully saturated rings. The van der Waals surface area contributed by atoms with Crippen molar-refractivity contribution in [3.63, 3.8) is 0 Å². The zero-order chi connectivity index (χ0) is 16.6. The first-order valence-electron chi connectivity index (χ1n) is 7.46. The molecule has 0 spiro atoms. The number of aromatic nitrogens is 2. The van der Waals surface area contributed by atoms with Gasteiger partial charge in [-0.1, -0.05) is 0 Å². The van der Waals surface area contributed by atoms with Crippen LogP contribution in [0, 0.1) is 0 Å². The molecular formula is C14H19N5O3S. The second-order valence-electron chi connectivity index (χ2n) is 5.37. The van der Waals surface area contributed by atoms with E-state index in [2.05, 4.69) is 9.97 Å². The number of thiophene rings is 1. The molecule has 124 valence electrons. The summed E-state index contributed by atoms with van der Waals surface area (Å²) < 4.78 is 5.59. The third-order valence-electron chi connectivity index (χ3n) is 3.80. The molecule has 0 saturated carbocycles. The van der Waals surface area contributed by atoms with Crippen molar-refractivity contribution >= 4 is 39.1 Å². The highest BCUT2D eigenvalue weighted by molar-refractivity contribution is 7.21. The minimum Gasteiger partial charge on any atom is -0.477 e. The van der Waals surface area contributed by atoms with Gasteiger partial charge in [0.05, 0.1) is 23.8 Å². The van der Waals surface area contributed by atoms with E-state index in [0.29, 0.717) is 54.6 Å². The number of nitrogens with zero attached hydrogens (tertiary/aromatic N) is 3. The molecule has 23 heavy (non-hydrogen) atoms. The molecule has 1 aliphatic heterocycles. The average molecular weight is 337 g/mol. The van der Waals surface area contributed by atoms with Gasteiger partial charge in [0.1, 0.15) is 9.71 Å². The molecule has 0 aliphatic carbocycles. The number of hydrogen-bond acceptors (Lipinski definition) is 8. The van der Waals surface area contributed by atoms with E-state index in [1.807, 2.05) is 11.8 Å². The van der Waals surface area contributed by atoms with E-state index in [0.717, 1.165) is 11.3 Å². The molecule has 9 heteroatoms. The van der Waals surface area contributed by atoms with Gasteiger partial charge in [-0.2, -0.15) is 4.98 Å². The molecule has 0 unspecified atom stereocenters. The van der Waals surface area contributed by atoms with Gasteiger partial charge in [0.2, 0.25) is 11.8 Å². The summed E-state index contributed by atoms with van der Waals surface area (Å²) in [5, 5.41) is 10.2. The smallest absolute Gasteiger partial charge is 0.260 e. The highest BCUT2D eigenvalue weighted by Gasteiger charge is 2.24. The molecule has 1 saturated heterocycles. The highest BCUT2D eigenvalue weighted by Crippen LogP contribution is 2.38. The molecule has 3 heterocycles. The summed E-state index contributed by atoms with van der Waals surface area (Å²) in [6.07, 6.45) is 1.06. The number of nitrogens with two attached hydrogens (primary N) is 2. The van der Waals surface area contributed by atoms with Crippen molar-refractivity contribution in [1.82, 2.24) is 9.97 Å². The van der Waals surface area contributed by atoms with E-state index < -0.39 is 5.91 Å². The molecule has 8 nitrogen and oxygen atoms in total. The normalized spacial score (nSPS) is 16.0. The van der Waals surface area contributed by atoms with Crippen molar-refractivity contribution in [2.75, 3.05) is 30.3 Å². The Morgan fingerprint density at radius 3 is 2.74 bits per heavy atom. The molecule has 3 rings (SSSR count). The lowest BCUT2D eigenvalue weighted by atomic mass is 10.1. The Bertz CT molecular complexity index is 740. The number of carbonyl (C=O) groups is 1. The van der Waals surface area contributed by atoms with Crippen molar-refractivity contribution in [1.29, 1.82) is 0 Å². The molecule has 5 N–H and O–H groups in total. The van der Waals surface area contributed by atoms with Crippen LogP contribution in [0.25, 0.3) is 10.2 Å². The zero-order valence-corrected chi connectivity index (χ0v) is 13.6. The number of rotatable bonds is 4. The summed E-state index contributed by atoms with van der Waals surface area (Å²) in [4.78, 5) is 23.3. The fourth-order valence-electron chi connectivity index (χ4n) is 2.61. The van der Waals surface area contributed by atoms with Gasteiger partial charge in [0.25, 0.3) is 5.91 Å². The average Bonchev–Trinajstić information content (AvgIpc) is 2.86. The van der Waals surface area contributed by atoms with Crippen LogP contribution < -0.4 is 21.1 Å². The molecule has 1 aliphatic rings. The fraction of sp³-hybridized carbons (Fsp3) is 0.500. The number of piperidine rings is 1. The molecule has 2 aromatic heterocycles. The maximum absolute atomic E-state index is 11.5. The monoisotopic (exact) mass is 337 g/mol. The molecule has 1 amide bonds. The third kappa shape index (κ3) is 2.89. The Balaban J connectivity index is 2.08. The topological polar surface area (TPSA) is 128 Å². The van der Waals surface area contributed by atoms with Gasteiger partial charge < -0.3 is 26.2 Å². The van der Waals surface area contributed by atoms with Gasteiger partial charge in [0, 0.05) is 13.1 Å². The lowest BCUT2D eigenvalue weighted by Crippen LogP contribution is -2.36. The van der Waals surface area contributed by atoms with Crippen LogP contribution in [-0.2, 0) is 0 Å². The molecular weight excluding hydrogens is 318 g/mol. The van der Waals surface area contributed by atoms with Gasteiger partial charge in [0.15, 0.2) is 0 Å². The Morgan fingerprint density at radius 1 is 1.43 bits per heavy atom. The second kappa shape index (κ2) is 6.17. The summed E-state index contributed by atoms with van der Waals surface area (Å²) >= 11 is 1.14. The highest BCUT2D eigenvalue weighted by atomic mass is 32.1. The fourth-order valence-corrected chi connectivity index (χ4v) is 3.54. The maximum atomic E-state index is 11.5. The van der Waals surface area contributed by atoms with Crippen molar-refractivity contribution in [3.05, 3.63) is 4.88 Å². The number of aliphatic hydroxyl groups excluding tert-OH is 1. The number of aliphatic hydroxyl groups is 1. The van der Waals surface area contributed by atoms with E-state index in [-0.39, 0.29) is 16.7 Å². The maximum Gasteiger partial charge on any atom is 0.260 e. The lowest BCUT2D eigenvalue weighted by Gasteiger charge is -2.29. The van der Waals surface area contributed by atoms with E-state index in [9.17, 15) is 9.90 Å². The van der Waals surface area contributed by atoms with Crippen LogP contribution in [0.15, 0.2) is 0 Å². The number of amides is 1. The second-order valence-corrected chi connectivity index (χ2v) is 6.37. The van der Waals surface area contributed by atoms with Crippen LogP contribution in [0.2, 0.25) is 0 Å². The number of hydrogen-bond donors (Lipinski definition) is 3. The Morgan fingerprint density at radius 2 is 2.13 bits per heavy atom. The predicted molar refractivity (Wildman–Crippen MR) is 89.0 cm³/mol. The molecule has 0 bridgehead atoms. The van der Waals surface area contributed by atoms with Crippen molar-refractivity contribution in [2.45, 2.75) is 25.9 Å². The Labute approximate surface area is 137 Å². The van der Waals surface area contributed by atoms with Crippen LogP contribution in [-0.4, -0.2) is 46.8 Å². The van der Waals surface area contributed by atoms with E-state index in [1.165, 1.54) is 0 Å². The predicted octanol–water partition coefficient (Wildman–Crippen LogP) is 0.732. The van der Waals surface area contributed by atoms with Gasteiger partial charge in [-0.3, -0.25) is 4.79 Å². The Kier molecular flexibility index (Phi) is 4.22. The van der Waals surface area contributed by atoms with Crippen molar-refractivity contribution < 1.29 is 14.6 Å². The van der Waals surface area contributed by atoms with Crippen LogP contribution in [0.1, 0.15) is 29.4 Å². The number of fused-ring (bicyclic) bond motifs is 1. The molecule has 2 aromatic rings. The summed E-state index contributed by atoms with van der Waals surface area (Å²) in [7, 11) is 0. The van der Waals surface area contributed by atoms with Gasteiger partial charge in [-0.05, 0) is 19.8 Å². The minimum atomic E-state index is -0.587. The van der Waals surface area contributed by atoms with Crippen LogP contribution in [0.3, 0.4) is 0 Å². The zero-order valence-electron chi connectivity index (χ0n) is 12.8. The number of nitrogen functional groups attached to an aromatic ring is 1. The van der Waals surface area contributed by atoms with Gasteiger partial charge in [-0.25, -0.2) is 4.98 Å². The molecule has 0 radical (unpaired) electrons. The van der Waals surface area contributed by atoms with Crippen LogP contribution >= 0.6 is 11.3 Å². The number of carbonyl (C=O) groups excluding carboxylic acids is 1. The lowest BCUT2D eigenvalue weighted by molar-refractivity contribution is 0.100. The van der Waals surface area contributed by atoms with Gasteiger partial charge in [-0.15, -0.1) is 11.3 Å². The largest absolute Gasteiger partial charge is 0.477 e. The molecule has 0 atom stereocenters. The minimum absolute atomic E-state index is 0.265. The summed E-state index contributed by atoms with van der Waals surface area (Å²) in [5.74, 6) is 0.292. The van der Waals surface area contributed by atoms with Crippen molar-refractivity contribution in [2.24, 2.45) is 5.73 Å². The number of ether oxygens (including phenoxy) is 1. The summed E-state index contributed by atoms with van der Waals surface area (Å²) in [5.41, 5.74) is 11.6. The Hall–Kier alpha value is -2.13. The van der Waals surface area contributed by atoms with Crippen LogP contribution in [0.4, 0.5) is 11.6 Å². The quantitative estimate of drug-likeness (QED) is 0.750. The van der Waals surface area contributed by atoms with E-state index in [4.69, 9.17) is 16.2 Å².